The van der Waals surface area contributed by atoms with Crippen molar-refractivity contribution in [2.45, 2.75) is 26.7 Å². The number of sulfonamides is 1. The van der Waals surface area contributed by atoms with E-state index in [1.54, 1.807) is 0 Å². The van der Waals surface area contributed by atoms with Crippen molar-refractivity contribution in [3.63, 3.8) is 0 Å². The quantitative estimate of drug-likeness (QED) is 0.844. The standard InChI is InChI=1S/C12H20N2O2S/c1-9(2)11-5-4-10(3)12(8-11)14-17(15,16)7-6-13/h4-5,8-9,14H,6-7,13H2,1-3H3. The molecular formula is C12H20N2O2S. The minimum absolute atomic E-state index is 0.0572. The van der Waals surface area contributed by atoms with Gasteiger partial charge in [0.05, 0.1) is 11.4 Å². The SMILES string of the molecule is Cc1ccc(C(C)C)cc1NS(=O)(=O)CCN. The van der Waals surface area contributed by atoms with Gasteiger partial charge in [0.1, 0.15) is 0 Å². The van der Waals surface area contributed by atoms with Crippen molar-refractivity contribution in [2.75, 3.05) is 17.0 Å². The minimum atomic E-state index is -3.32. The first-order valence-corrected chi connectivity index (χ1v) is 7.32. The van der Waals surface area contributed by atoms with Gasteiger partial charge in [0.15, 0.2) is 0 Å². The van der Waals surface area contributed by atoms with Gasteiger partial charge in [-0.3, -0.25) is 4.72 Å². The summed E-state index contributed by atoms with van der Waals surface area (Å²) in [5, 5.41) is 0. The van der Waals surface area contributed by atoms with Crippen molar-refractivity contribution < 1.29 is 8.42 Å². The van der Waals surface area contributed by atoms with Crippen LogP contribution in [0.2, 0.25) is 0 Å². The number of rotatable bonds is 5. The van der Waals surface area contributed by atoms with Gasteiger partial charge in [-0.1, -0.05) is 26.0 Å². The second-order valence-electron chi connectivity index (χ2n) is 4.44. The average molecular weight is 256 g/mol. The molecule has 0 radical (unpaired) electrons. The van der Waals surface area contributed by atoms with E-state index >= 15 is 0 Å². The Hall–Kier alpha value is -1.07. The van der Waals surface area contributed by atoms with Crippen LogP contribution in [0.25, 0.3) is 0 Å². The third-order valence-electron chi connectivity index (χ3n) is 2.58. The molecule has 0 bridgehead atoms. The molecule has 0 fully saturated rings. The number of hydrogen-bond acceptors (Lipinski definition) is 3. The molecule has 1 aromatic carbocycles. The Kier molecular flexibility index (Phi) is 4.54. The second kappa shape index (κ2) is 5.51. The zero-order chi connectivity index (χ0) is 13.1. The van der Waals surface area contributed by atoms with Gasteiger partial charge < -0.3 is 5.73 Å². The third-order valence-corrected chi connectivity index (χ3v) is 3.88. The lowest BCUT2D eigenvalue weighted by molar-refractivity contribution is 0.601. The molecule has 0 unspecified atom stereocenters. The van der Waals surface area contributed by atoms with E-state index in [0.717, 1.165) is 11.1 Å². The van der Waals surface area contributed by atoms with Gasteiger partial charge in [-0.25, -0.2) is 8.42 Å². The Bertz CT molecular complexity index is 481. The number of aryl methyl sites for hydroxylation is 1. The molecule has 96 valence electrons. The summed E-state index contributed by atoms with van der Waals surface area (Å²) >= 11 is 0. The van der Waals surface area contributed by atoms with E-state index in [1.807, 2.05) is 25.1 Å². The zero-order valence-electron chi connectivity index (χ0n) is 10.5. The highest BCUT2D eigenvalue weighted by atomic mass is 32.2. The van der Waals surface area contributed by atoms with Crippen LogP contribution in [-0.2, 0) is 10.0 Å². The number of nitrogens with two attached hydrogens (primary N) is 1. The molecule has 0 amide bonds. The molecule has 1 aromatic rings. The molecule has 0 saturated heterocycles. The Morgan fingerprint density at radius 2 is 2.00 bits per heavy atom. The van der Waals surface area contributed by atoms with Gasteiger partial charge in [-0.05, 0) is 30.0 Å². The van der Waals surface area contributed by atoms with Gasteiger partial charge in [0, 0.05) is 6.54 Å². The van der Waals surface area contributed by atoms with Crippen molar-refractivity contribution in [1.29, 1.82) is 0 Å². The monoisotopic (exact) mass is 256 g/mol. The Balaban J connectivity index is 3.02. The van der Waals surface area contributed by atoms with Crippen LogP contribution in [0.3, 0.4) is 0 Å². The fourth-order valence-electron chi connectivity index (χ4n) is 1.48. The fourth-order valence-corrected chi connectivity index (χ4v) is 2.45. The summed E-state index contributed by atoms with van der Waals surface area (Å²) in [6.07, 6.45) is 0. The molecule has 0 aliphatic rings. The maximum atomic E-state index is 11.6. The van der Waals surface area contributed by atoms with Gasteiger partial charge in [0.2, 0.25) is 10.0 Å². The zero-order valence-corrected chi connectivity index (χ0v) is 11.3. The molecule has 5 heteroatoms. The van der Waals surface area contributed by atoms with E-state index in [9.17, 15) is 8.42 Å². The number of benzene rings is 1. The van der Waals surface area contributed by atoms with Crippen molar-refractivity contribution >= 4 is 15.7 Å². The minimum Gasteiger partial charge on any atom is -0.329 e. The van der Waals surface area contributed by atoms with E-state index in [1.165, 1.54) is 0 Å². The normalized spacial score (nSPS) is 11.8. The molecule has 4 nitrogen and oxygen atoms in total. The lowest BCUT2D eigenvalue weighted by Crippen LogP contribution is -2.22. The first kappa shape index (κ1) is 14.0. The predicted octanol–water partition coefficient (Wildman–Crippen LogP) is 1.82. The average Bonchev–Trinajstić information content (AvgIpc) is 2.20. The number of anilines is 1. The van der Waals surface area contributed by atoms with Crippen molar-refractivity contribution in [2.24, 2.45) is 5.73 Å². The largest absolute Gasteiger partial charge is 0.329 e. The summed E-state index contributed by atoms with van der Waals surface area (Å²) in [6.45, 7) is 6.15. The number of hydrogen-bond donors (Lipinski definition) is 2. The highest BCUT2D eigenvalue weighted by Crippen LogP contribution is 2.23. The maximum Gasteiger partial charge on any atom is 0.233 e. The van der Waals surface area contributed by atoms with E-state index in [2.05, 4.69) is 18.6 Å². The molecule has 0 aliphatic heterocycles. The molecule has 0 aliphatic carbocycles. The summed E-state index contributed by atoms with van der Waals surface area (Å²) in [6, 6.07) is 5.82. The molecule has 3 N–H and O–H groups in total. The van der Waals surface area contributed by atoms with Gasteiger partial charge in [-0.15, -0.1) is 0 Å². The van der Waals surface area contributed by atoms with Crippen LogP contribution in [0.5, 0.6) is 0 Å². The first-order valence-electron chi connectivity index (χ1n) is 5.67. The topological polar surface area (TPSA) is 72.2 Å². The van der Waals surface area contributed by atoms with Gasteiger partial charge in [0.25, 0.3) is 0 Å². The number of nitrogens with one attached hydrogen (secondary N) is 1. The maximum absolute atomic E-state index is 11.6. The molecule has 0 spiro atoms. The summed E-state index contributed by atoms with van der Waals surface area (Å²) in [4.78, 5) is 0. The molecule has 17 heavy (non-hydrogen) atoms. The lowest BCUT2D eigenvalue weighted by Gasteiger charge is -2.13. The summed E-state index contributed by atoms with van der Waals surface area (Å²) in [5.41, 5.74) is 7.93. The molecule has 0 saturated carbocycles. The van der Waals surface area contributed by atoms with Crippen molar-refractivity contribution in [3.8, 4) is 0 Å². The lowest BCUT2D eigenvalue weighted by atomic mass is 10.0. The van der Waals surface area contributed by atoms with Crippen LogP contribution in [0.15, 0.2) is 18.2 Å². The first-order chi connectivity index (χ1) is 7.85. The Morgan fingerprint density at radius 1 is 1.35 bits per heavy atom. The molecule has 0 atom stereocenters. The smallest absolute Gasteiger partial charge is 0.233 e. The van der Waals surface area contributed by atoms with Crippen molar-refractivity contribution in [3.05, 3.63) is 29.3 Å². The molecule has 0 aromatic heterocycles. The van der Waals surface area contributed by atoms with E-state index < -0.39 is 10.0 Å². The Morgan fingerprint density at radius 3 is 2.53 bits per heavy atom. The highest BCUT2D eigenvalue weighted by molar-refractivity contribution is 7.92. The van der Waals surface area contributed by atoms with Crippen LogP contribution < -0.4 is 10.5 Å². The Labute approximate surface area is 103 Å². The summed E-state index contributed by atoms with van der Waals surface area (Å²) < 4.78 is 25.9. The van der Waals surface area contributed by atoms with Crippen LogP contribution in [0.1, 0.15) is 30.9 Å². The summed E-state index contributed by atoms with van der Waals surface area (Å²) in [7, 11) is -3.32. The fraction of sp³-hybridized carbons (Fsp3) is 0.500. The van der Waals surface area contributed by atoms with Crippen LogP contribution in [0.4, 0.5) is 5.69 Å². The van der Waals surface area contributed by atoms with E-state index in [-0.39, 0.29) is 12.3 Å². The molecule has 1 rings (SSSR count). The highest BCUT2D eigenvalue weighted by Gasteiger charge is 2.11. The van der Waals surface area contributed by atoms with Gasteiger partial charge >= 0.3 is 0 Å². The second-order valence-corrected chi connectivity index (χ2v) is 6.28. The van der Waals surface area contributed by atoms with Crippen LogP contribution in [-0.4, -0.2) is 20.7 Å². The van der Waals surface area contributed by atoms with Gasteiger partial charge in [-0.2, -0.15) is 0 Å². The summed E-state index contributed by atoms with van der Waals surface area (Å²) in [5.74, 6) is 0.312. The van der Waals surface area contributed by atoms with E-state index in [0.29, 0.717) is 11.6 Å². The van der Waals surface area contributed by atoms with Crippen LogP contribution in [0, 0.1) is 6.92 Å². The molecule has 0 heterocycles. The van der Waals surface area contributed by atoms with E-state index in [4.69, 9.17) is 5.73 Å². The third kappa shape index (κ3) is 4.02. The van der Waals surface area contributed by atoms with Crippen molar-refractivity contribution in [1.82, 2.24) is 0 Å². The molecular weight excluding hydrogens is 236 g/mol. The van der Waals surface area contributed by atoms with Crippen LogP contribution >= 0.6 is 0 Å². The predicted molar refractivity (Wildman–Crippen MR) is 71.7 cm³/mol.